The number of hydrogen-bond donors (Lipinski definition) is 3. The number of aliphatic hydroxyl groups excluding tert-OH is 1. The van der Waals surface area contributed by atoms with Gasteiger partial charge in [0.25, 0.3) is 0 Å². The van der Waals surface area contributed by atoms with E-state index in [1.165, 1.54) is 0 Å². The Balaban J connectivity index is 3.15. The minimum atomic E-state index is -4.59. The number of benzene rings is 1. The molecule has 1 aromatic rings. The first-order valence-electron chi connectivity index (χ1n) is 5.61. The van der Waals surface area contributed by atoms with E-state index in [4.69, 9.17) is 10.2 Å². The van der Waals surface area contributed by atoms with Crippen molar-refractivity contribution in [2.24, 2.45) is 0 Å². The topological polar surface area (TPSA) is 69.6 Å². The Morgan fingerprint density at radius 2 is 2.05 bits per heavy atom. The van der Waals surface area contributed by atoms with Gasteiger partial charge in [0.1, 0.15) is 0 Å². The highest BCUT2D eigenvalue weighted by Crippen LogP contribution is 2.32. The third kappa shape index (κ3) is 3.85. The fraction of sp³-hybridized carbons (Fsp3) is 0.417. The monoisotopic (exact) mass is 277 g/mol. The number of aliphatic hydroxyl groups is 1. The largest absolute Gasteiger partial charge is 0.478 e. The van der Waals surface area contributed by atoms with Gasteiger partial charge in [0.2, 0.25) is 0 Å². The number of carboxylic acid groups (broad SMARTS) is 1. The van der Waals surface area contributed by atoms with Gasteiger partial charge in [-0.3, -0.25) is 0 Å². The van der Waals surface area contributed by atoms with Crippen molar-refractivity contribution < 1.29 is 28.2 Å². The first-order valence-corrected chi connectivity index (χ1v) is 5.61. The summed E-state index contributed by atoms with van der Waals surface area (Å²) in [4.78, 5) is 11.0. The lowest BCUT2D eigenvalue weighted by molar-refractivity contribution is -0.137. The standard InChI is InChI=1S/C12H14F3NO3/c1-2-8(6-17)16-10-4-3-7(12(13,14)15)5-9(10)11(18)19/h3-5,8,16-17H,2,6H2,1H3,(H,18,19). The van der Waals surface area contributed by atoms with E-state index >= 15 is 0 Å². The summed E-state index contributed by atoms with van der Waals surface area (Å²) in [6, 6.07) is 2.04. The van der Waals surface area contributed by atoms with Crippen molar-refractivity contribution in [2.45, 2.75) is 25.6 Å². The summed E-state index contributed by atoms with van der Waals surface area (Å²) in [6.07, 6.45) is -4.08. The molecule has 1 aromatic carbocycles. The first kappa shape index (κ1) is 15.3. The fourth-order valence-electron chi connectivity index (χ4n) is 1.52. The van der Waals surface area contributed by atoms with Crippen LogP contribution in [0.5, 0.6) is 0 Å². The summed E-state index contributed by atoms with van der Waals surface area (Å²) in [7, 11) is 0. The molecule has 0 fully saturated rings. The van der Waals surface area contributed by atoms with Gasteiger partial charge < -0.3 is 15.5 Å². The van der Waals surface area contributed by atoms with Crippen LogP contribution in [0, 0.1) is 0 Å². The number of rotatable bonds is 5. The number of nitrogens with one attached hydrogen (secondary N) is 1. The molecule has 0 saturated heterocycles. The SMILES string of the molecule is CCC(CO)Nc1ccc(C(F)(F)F)cc1C(=O)O. The summed E-state index contributed by atoms with van der Waals surface area (Å²) in [5.41, 5.74) is -1.43. The Labute approximate surface area is 107 Å². The van der Waals surface area contributed by atoms with Crippen LogP contribution in [0.25, 0.3) is 0 Å². The van der Waals surface area contributed by atoms with E-state index in [2.05, 4.69) is 5.32 Å². The highest BCUT2D eigenvalue weighted by Gasteiger charge is 2.31. The molecule has 1 rings (SSSR count). The Kier molecular flexibility index (Phi) is 4.77. The lowest BCUT2D eigenvalue weighted by Crippen LogP contribution is -2.24. The predicted octanol–water partition coefficient (Wildman–Crippen LogP) is 2.59. The van der Waals surface area contributed by atoms with E-state index in [0.29, 0.717) is 12.5 Å². The summed E-state index contributed by atoms with van der Waals surface area (Å²) < 4.78 is 37.5. The average molecular weight is 277 g/mol. The van der Waals surface area contributed by atoms with Gasteiger partial charge in [-0.25, -0.2) is 4.79 Å². The van der Waals surface area contributed by atoms with Gasteiger partial charge in [-0.15, -0.1) is 0 Å². The Hall–Kier alpha value is -1.76. The molecule has 0 aliphatic carbocycles. The molecule has 0 spiro atoms. The Morgan fingerprint density at radius 1 is 1.42 bits per heavy atom. The Bertz CT molecular complexity index is 456. The number of alkyl halides is 3. The number of hydrogen-bond acceptors (Lipinski definition) is 3. The van der Waals surface area contributed by atoms with Gasteiger partial charge in [-0.2, -0.15) is 13.2 Å². The molecule has 0 aromatic heterocycles. The highest BCUT2D eigenvalue weighted by atomic mass is 19.4. The summed E-state index contributed by atoms with van der Waals surface area (Å²) in [5.74, 6) is -1.46. The van der Waals surface area contributed by atoms with Crippen LogP contribution in [0.3, 0.4) is 0 Å². The molecule has 7 heteroatoms. The highest BCUT2D eigenvalue weighted by molar-refractivity contribution is 5.94. The molecule has 0 radical (unpaired) electrons. The van der Waals surface area contributed by atoms with Crippen molar-refractivity contribution in [3.05, 3.63) is 29.3 Å². The van der Waals surface area contributed by atoms with Crippen molar-refractivity contribution in [1.29, 1.82) is 0 Å². The molecule has 19 heavy (non-hydrogen) atoms. The van der Waals surface area contributed by atoms with E-state index in [1.54, 1.807) is 6.92 Å². The quantitative estimate of drug-likeness (QED) is 0.773. The van der Waals surface area contributed by atoms with Crippen molar-refractivity contribution in [3.63, 3.8) is 0 Å². The second-order valence-electron chi connectivity index (χ2n) is 4.00. The molecule has 0 heterocycles. The smallest absolute Gasteiger partial charge is 0.416 e. The second-order valence-corrected chi connectivity index (χ2v) is 4.00. The maximum Gasteiger partial charge on any atom is 0.416 e. The summed E-state index contributed by atoms with van der Waals surface area (Å²) in [6.45, 7) is 1.52. The maximum absolute atomic E-state index is 12.5. The zero-order valence-corrected chi connectivity index (χ0v) is 10.2. The molecule has 0 saturated carbocycles. The van der Waals surface area contributed by atoms with Crippen molar-refractivity contribution >= 4 is 11.7 Å². The lowest BCUT2D eigenvalue weighted by Gasteiger charge is -2.18. The molecular weight excluding hydrogens is 263 g/mol. The van der Waals surface area contributed by atoms with Crippen LogP contribution < -0.4 is 5.32 Å². The molecule has 1 unspecified atom stereocenters. The lowest BCUT2D eigenvalue weighted by atomic mass is 10.1. The molecular formula is C12H14F3NO3. The van der Waals surface area contributed by atoms with Gasteiger partial charge in [0, 0.05) is 11.7 Å². The number of carbonyl (C=O) groups is 1. The van der Waals surface area contributed by atoms with Crippen LogP contribution in [-0.2, 0) is 6.18 Å². The zero-order chi connectivity index (χ0) is 14.6. The van der Waals surface area contributed by atoms with Crippen LogP contribution in [-0.4, -0.2) is 28.8 Å². The van der Waals surface area contributed by atoms with Crippen molar-refractivity contribution in [2.75, 3.05) is 11.9 Å². The van der Waals surface area contributed by atoms with Gasteiger partial charge in [-0.05, 0) is 24.6 Å². The normalized spacial score (nSPS) is 13.1. The number of aromatic carboxylic acids is 1. The van der Waals surface area contributed by atoms with Crippen molar-refractivity contribution in [3.8, 4) is 0 Å². The predicted molar refractivity (Wildman–Crippen MR) is 63.2 cm³/mol. The van der Waals surface area contributed by atoms with E-state index < -0.39 is 29.3 Å². The summed E-state index contributed by atoms with van der Waals surface area (Å²) >= 11 is 0. The summed E-state index contributed by atoms with van der Waals surface area (Å²) in [5, 5.41) is 20.7. The molecule has 106 valence electrons. The third-order valence-electron chi connectivity index (χ3n) is 2.65. The molecule has 0 amide bonds. The fourth-order valence-corrected chi connectivity index (χ4v) is 1.52. The van der Waals surface area contributed by atoms with Crippen LogP contribution in [0.2, 0.25) is 0 Å². The molecule has 0 bridgehead atoms. The molecule has 3 N–H and O–H groups in total. The first-order chi connectivity index (χ1) is 8.79. The minimum Gasteiger partial charge on any atom is -0.478 e. The van der Waals surface area contributed by atoms with E-state index in [9.17, 15) is 18.0 Å². The third-order valence-corrected chi connectivity index (χ3v) is 2.65. The van der Waals surface area contributed by atoms with Crippen LogP contribution in [0.1, 0.15) is 29.3 Å². The zero-order valence-electron chi connectivity index (χ0n) is 10.2. The van der Waals surface area contributed by atoms with Gasteiger partial charge in [-0.1, -0.05) is 6.92 Å². The van der Waals surface area contributed by atoms with E-state index in [1.807, 2.05) is 0 Å². The number of anilines is 1. The van der Waals surface area contributed by atoms with E-state index in [0.717, 1.165) is 12.1 Å². The minimum absolute atomic E-state index is 0.0569. The van der Waals surface area contributed by atoms with Gasteiger partial charge >= 0.3 is 12.1 Å². The average Bonchev–Trinajstić information content (AvgIpc) is 2.34. The van der Waals surface area contributed by atoms with Crippen molar-refractivity contribution in [1.82, 2.24) is 0 Å². The molecule has 0 aliphatic rings. The number of carboxylic acids is 1. The molecule has 4 nitrogen and oxygen atoms in total. The molecule has 1 atom stereocenters. The maximum atomic E-state index is 12.5. The number of halogens is 3. The van der Waals surface area contributed by atoms with Gasteiger partial charge in [0.15, 0.2) is 0 Å². The van der Waals surface area contributed by atoms with Crippen LogP contribution in [0.15, 0.2) is 18.2 Å². The van der Waals surface area contributed by atoms with E-state index in [-0.39, 0.29) is 12.3 Å². The van der Waals surface area contributed by atoms with Crippen LogP contribution in [0.4, 0.5) is 18.9 Å². The Morgan fingerprint density at radius 3 is 2.47 bits per heavy atom. The van der Waals surface area contributed by atoms with Gasteiger partial charge in [0.05, 0.1) is 17.7 Å². The van der Waals surface area contributed by atoms with Crippen LogP contribution >= 0.6 is 0 Å². The second kappa shape index (κ2) is 5.92. The molecule has 0 aliphatic heterocycles.